The van der Waals surface area contributed by atoms with Crippen LogP contribution in [0.1, 0.15) is 57.9 Å². The molecule has 1 aromatic rings. The number of methoxy groups -OCH3 is 1. The van der Waals surface area contributed by atoms with Crippen molar-refractivity contribution in [2.24, 2.45) is 5.92 Å². The summed E-state index contributed by atoms with van der Waals surface area (Å²) in [6.07, 6.45) is 5.02. The maximum atomic E-state index is 9.64. The lowest BCUT2D eigenvalue weighted by Crippen LogP contribution is -2.07. The van der Waals surface area contributed by atoms with Crippen molar-refractivity contribution in [2.45, 2.75) is 52.4 Å². The minimum absolute atomic E-state index is 0.220. The maximum absolute atomic E-state index is 9.64. The number of unbranched alkanes of at least 4 members (excludes halogenated alkanes) is 2. The fourth-order valence-corrected chi connectivity index (χ4v) is 2.42. The molecule has 0 spiro atoms. The van der Waals surface area contributed by atoms with Crippen molar-refractivity contribution in [1.82, 2.24) is 0 Å². The number of ether oxygens (including phenoxy) is 1. The molecule has 1 atom stereocenters. The van der Waals surface area contributed by atoms with Gasteiger partial charge in [0, 0.05) is 0 Å². The Morgan fingerprint density at radius 2 is 1.94 bits per heavy atom. The molecule has 0 aliphatic rings. The van der Waals surface area contributed by atoms with Gasteiger partial charge >= 0.3 is 0 Å². The summed E-state index contributed by atoms with van der Waals surface area (Å²) >= 11 is 0. The van der Waals surface area contributed by atoms with E-state index in [4.69, 9.17) is 4.74 Å². The van der Waals surface area contributed by atoms with Crippen LogP contribution in [0.3, 0.4) is 0 Å². The summed E-state index contributed by atoms with van der Waals surface area (Å²) in [4.78, 5) is 0. The third-order valence-electron chi connectivity index (χ3n) is 3.56. The lowest BCUT2D eigenvalue weighted by molar-refractivity contribution is 0.370. The van der Waals surface area contributed by atoms with E-state index in [9.17, 15) is 5.11 Å². The zero-order valence-corrected chi connectivity index (χ0v) is 12.1. The van der Waals surface area contributed by atoms with Gasteiger partial charge in [-0.3, -0.25) is 0 Å². The molecule has 0 amide bonds. The summed E-state index contributed by atoms with van der Waals surface area (Å²) in [5.74, 6) is 1.95. The normalized spacial score (nSPS) is 12.7. The van der Waals surface area contributed by atoms with Gasteiger partial charge in [-0.2, -0.15) is 0 Å². The Kier molecular flexibility index (Phi) is 6.03. The number of rotatable bonds is 7. The zero-order chi connectivity index (χ0) is 13.5. The molecule has 1 unspecified atom stereocenters. The minimum atomic E-state index is 0.220. The molecule has 1 aromatic carbocycles. The number of aromatic hydroxyl groups is 1. The van der Waals surface area contributed by atoms with Gasteiger partial charge in [-0.05, 0) is 36.0 Å². The predicted octanol–water partition coefficient (Wildman–Crippen LogP) is 4.72. The van der Waals surface area contributed by atoms with Gasteiger partial charge in [-0.25, -0.2) is 0 Å². The number of hydrogen-bond acceptors (Lipinski definition) is 2. The fourth-order valence-electron chi connectivity index (χ4n) is 2.42. The predicted molar refractivity (Wildman–Crippen MR) is 76.4 cm³/mol. The van der Waals surface area contributed by atoms with Crippen LogP contribution in [0.5, 0.6) is 11.5 Å². The van der Waals surface area contributed by atoms with Crippen molar-refractivity contribution in [3.63, 3.8) is 0 Å². The molecule has 102 valence electrons. The molecule has 0 aliphatic heterocycles. The summed E-state index contributed by atoms with van der Waals surface area (Å²) in [5.41, 5.74) is 1.27. The SMILES string of the molecule is CCCCCC(c1ccc(O)c(OC)c1)C(C)C. The van der Waals surface area contributed by atoms with Gasteiger partial charge < -0.3 is 9.84 Å². The first kappa shape index (κ1) is 14.9. The van der Waals surface area contributed by atoms with E-state index in [1.54, 1.807) is 13.2 Å². The highest BCUT2D eigenvalue weighted by Gasteiger charge is 2.17. The largest absolute Gasteiger partial charge is 0.504 e. The van der Waals surface area contributed by atoms with Gasteiger partial charge in [0.1, 0.15) is 0 Å². The molecule has 0 bridgehead atoms. The maximum Gasteiger partial charge on any atom is 0.160 e. The standard InChI is InChI=1S/C16H26O2/c1-5-6-7-8-14(12(2)3)13-9-10-15(17)16(11-13)18-4/h9-12,14,17H,5-8H2,1-4H3. The van der Waals surface area contributed by atoms with Crippen molar-refractivity contribution in [1.29, 1.82) is 0 Å². The Balaban J connectivity index is 2.84. The average molecular weight is 250 g/mol. The van der Waals surface area contributed by atoms with E-state index in [-0.39, 0.29) is 5.75 Å². The van der Waals surface area contributed by atoms with E-state index >= 15 is 0 Å². The van der Waals surface area contributed by atoms with Crippen LogP contribution in [-0.2, 0) is 0 Å². The van der Waals surface area contributed by atoms with Crippen LogP contribution in [0.4, 0.5) is 0 Å². The molecule has 2 nitrogen and oxygen atoms in total. The second-order valence-corrected chi connectivity index (χ2v) is 5.28. The molecular formula is C16H26O2. The molecule has 0 aliphatic carbocycles. The number of phenols is 1. The van der Waals surface area contributed by atoms with E-state index in [0.29, 0.717) is 17.6 Å². The molecule has 2 heteroatoms. The summed E-state index contributed by atoms with van der Waals surface area (Å²) in [6.45, 7) is 6.75. The van der Waals surface area contributed by atoms with Crippen molar-refractivity contribution in [2.75, 3.05) is 7.11 Å². The molecule has 0 aromatic heterocycles. The van der Waals surface area contributed by atoms with Crippen molar-refractivity contribution >= 4 is 0 Å². The van der Waals surface area contributed by atoms with E-state index in [1.807, 2.05) is 12.1 Å². The van der Waals surface area contributed by atoms with Gasteiger partial charge in [-0.15, -0.1) is 0 Å². The zero-order valence-electron chi connectivity index (χ0n) is 12.1. The molecule has 0 radical (unpaired) electrons. The molecule has 0 saturated heterocycles. The van der Waals surface area contributed by atoms with Crippen LogP contribution in [0.15, 0.2) is 18.2 Å². The highest BCUT2D eigenvalue weighted by atomic mass is 16.5. The highest BCUT2D eigenvalue weighted by Crippen LogP contribution is 2.35. The molecular weight excluding hydrogens is 224 g/mol. The van der Waals surface area contributed by atoms with Crippen LogP contribution < -0.4 is 4.74 Å². The third kappa shape index (κ3) is 3.94. The monoisotopic (exact) mass is 250 g/mol. The first-order valence-electron chi connectivity index (χ1n) is 6.97. The third-order valence-corrected chi connectivity index (χ3v) is 3.56. The van der Waals surface area contributed by atoms with Crippen LogP contribution in [0.25, 0.3) is 0 Å². The minimum Gasteiger partial charge on any atom is -0.504 e. The van der Waals surface area contributed by atoms with E-state index in [0.717, 1.165) is 0 Å². The first-order chi connectivity index (χ1) is 8.60. The van der Waals surface area contributed by atoms with E-state index in [1.165, 1.54) is 31.2 Å². The highest BCUT2D eigenvalue weighted by molar-refractivity contribution is 5.42. The van der Waals surface area contributed by atoms with Crippen LogP contribution in [-0.4, -0.2) is 12.2 Å². The van der Waals surface area contributed by atoms with Crippen molar-refractivity contribution in [3.05, 3.63) is 23.8 Å². The quantitative estimate of drug-likeness (QED) is 0.709. The van der Waals surface area contributed by atoms with Crippen molar-refractivity contribution in [3.8, 4) is 11.5 Å². The smallest absolute Gasteiger partial charge is 0.160 e. The second-order valence-electron chi connectivity index (χ2n) is 5.28. The summed E-state index contributed by atoms with van der Waals surface area (Å²) in [5, 5.41) is 9.64. The van der Waals surface area contributed by atoms with Gasteiger partial charge in [0.25, 0.3) is 0 Å². The summed E-state index contributed by atoms with van der Waals surface area (Å²) < 4.78 is 5.19. The molecule has 0 saturated carbocycles. The number of hydrogen-bond donors (Lipinski definition) is 1. The summed E-state index contributed by atoms with van der Waals surface area (Å²) in [7, 11) is 1.60. The fraction of sp³-hybridized carbons (Fsp3) is 0.625. The summed E-state index contributed by atoms with van der Waals surface area (Å²) in [6, 6.07) is 5.74. The van der Waals surface area contributed by atoms with Crippen LogP contribution in [0.2, 0.25) is 0 Å². The molecule has 0 heterocycles. The molecule has 1 N–H and O–H groups in total. The lowest BCUT2D eigenvalue weighted by atomic mass is 9.84. The van der Waals surface area contributed by atoms with Gasteiger partial charge in [0.2, 0.25) is 0 Å². The van der Waals surface area contributed by atoms with Crippen LogP contribution in [0, 0.1) is 5.92 Å². The Labute approximate surface area is 111 Å². The number of benzene rings is 1. The van der Waals surface area contributed by atoms with Gasteiger partial charge in [-0.1, -0.05) is 46.1 Å². The molecule has 18 heavy (non-hydrogen) atoms. The van der Waals surface area contributed by atoms with Gasteiger partial charge in [0.05, 0.1) is 7.11 Å². The van der Waals surface area contributed by atoms with Gasteiger partial charge in [0.15, 0.2) is 11.5 Å². The van der Waals surface area contributed by atoms with Crippen LogP contribution >= 0.6 is 0 Å². The Morgan fingerprint density at radius 3 is 2.50 bits per heavy atom. The number of phenolic OH excluding ortho intramolecular Hbond substituents is 1. The Hall–Kier alpha value is -1.18. The van der Waals surface area contributed by atoms with Crippen molar-refractivity contribution < 1.29 is 9.84 Å². The lowest BCUT2D eigenvalue weighted by Gasteiger charge is -2.22. The molecule has 0 fully saturated rings. The van der Waals surface area contributed by atoms with E-state index in [2.05, 4.69) is 20.8 Å². The Morgan fingerprint density at radius 1 is 1.22 bits per heavy atom. The molecule has 1 rings (SSSR count). The Bertz CT molecular complexity index is 358. The van der Waals surface area contributed by atoms with E-state index < -0.39 is 0 Å². The second kappa shape index (κ2) is 7.30. The average Bonchev–Trinajstić information content (AvgIpc) is 2.35. The topological polar surface area (TPSA) is 29.5 Å². The first-order valence-corrected chi connectivity index (χ1v) is 6.97.